The summed E-state index contributed by atoms with van der Waals surface area (Å²) < 4.78 is 27.3. The molecule has 0 spiro atoms. The highest BCUT2D eigenvalue weighted by Gasteiger charge is 2.19. The van der Waals surface area contributed by atoms with Gasteiger partial charge in [-0.05, 0) is 31.5 Å². The van der Waals surface area contributed by atoms with Crippen molar-refractivity contribution in [2.45, 2.75) is 31.6 Å². The number of anilines is 2. The first-order valence-electron chi connectivity index (χ1n) is 8.28. The molecule has 0 aliphatic heterocycles. The van der Waals surface area contributed by atoms with Crippen molar-refractivity contribution in [1.82, 2.24) is 4.98 Å². The van der Waals surface area contributed by atoms with Gasteiger partial charge in [0.05, 0.1) is 16.8 Å². The number of carboxylic acid groups (broad SMARTS) is 1. The number of carbonyl (C=O) groups is 1. The summed E-state index contributed by atoms with van der Waals surface area (Å²) >= 11 is 0. The summed E-state index contributed by atoms with van der Waals surface area (Å²) in [6, 6.07) is 7.67. The number of carboxylic acids is 1. The third kappa shape index (κ3) is 4.72. The Morgan fingerprint density at radius 1 is 1.27 bits per heavy atom. The van der Waals surface area contributed by atoms with Crippen molar-refractivity contribution < 1.29 is 18.3 Å². The molecule has 1 heterocycles. The van der Waals surface area contributed by atoms with Crippen LogP contribution in [0, 0.1) is 6.92 Å². The first-order chi connectivity index (χ1) is 12.2. The summed E-state index contributed by atoms with van der Waals surface area (Å²) in [6.45, 7) is 4.57. The number of aromatic carboxylic acids is 1. The minimum Gasteiger partial charge on any atom is -0.478 e. The van der Waals surface area contributed by atoms with Gasteiger partial charge in [-0.25, -0.2) is 18.2 Å². The van der Waals surface area contributed by atoms with Gasteiger partial charge >= 0.3 is 5.97 Å². The Balaban J connectivity index is 2.31. The number of nitrogens with zero attached hydrogens (tertiary/aromatic N) is 2. The fourth-order valence-electron chi connectivity index (χ4n) is 2.41. The van der Waals surface area contributed by atoms with Crippen LogP contribution < -0.4 is 9.62 Å². The summed E-state index contributed by atoms with van der Waals surface area (Å²) in [5.41, 5.74) is 1.00. The molecule has 7 nitrogen and oxygen atoms in total. The van der Waals surface area contributed by atoms with Gasteiger partial charge in [0, 0.05) is 13.6 Å². The molecule has 140 valence electrons. The van der Waals surface area contributed by atoms with Crippen LogP contribution in [0.3, 0.4) is 0 Å². The van der Waals surface area contributed by atoms with Gasteiger partial charge in [-0.3, -0.25) is 4.72 Å². The van der Waals surface area contributed by atoms with Gasteiger partial charge in [0.25, 0.3) is 10.0 Å². The van der Waals surface area contributed by atoms with Crippen LogP contribution in [0.15, 0.2) is 41.4 Å². The van der Waals surface area contributed by atoms with Crippen molar-refractivity contribution in [3.63, 3.8) is 0 Å². The number of sulfonamides is 1. The third-order valence-electron chi connectivity index (χ3n) is 3.89. The molecule has 0 aliphatic rings. The first-order valence-corrected chi connectivity index (χ1v) is 9.77. The lowest BCUT2D eigenvalue weighted by molar-refractivity contribution is 0.0697. The van der Waals surface area contributed by atoms with Gasteiger partial charge in [-0.15, -0.1) is 0 Å². The number of pyridine rings is 1. The quantitative estimate of drug-likeness (QED) is 0.733. The zero-order valence-electron chi connectivity index (χ0n) is 15.1. The van der Waals surface area contributed by atoms with E-state index in [4.69, 9.17) is 0 Å². The smallest absolute Gasteiger partial charge is 0.339 e. The molecule has 8 heteroatoms. The van der Waals surface area contributed by atoms with Crippen molar-refractivity contribution in [3.05, 3.63) is 47.7 Å². The minimum absolute atomic E-state index is 0.0484. The second-order valence-corrected chi connectivity index (χ2v) is 7.78. The van der Waals surface area contributed by atoms with Crippen LogP contribution in [0.4, 0.5) is 11.5 Å². The Hall–Kier alpha value is -2.61. The Labute approximate surface area is 153 Å². The number of aromatic nitrogens is 1. The highest BCUT2D eigenvalue weighted by Crippen LogP contribution is 2.23. The second kappa shape index (κ2) is 8.18. The summed E-state index contributed by atoms with van der Waals surface area (Å²) in [7, 11) is -2.05. The standard InChI is InChI=1S/C18H23N3O4S/c1-4-5-10-21(3)17-16(18(22)23)11-14(12-19-17)20-26(24,25)15-8-6-13(2)7-9-15/h6-9,11-12,20H,4-5,10H2,1-3H3,(H,22,23). The van der Waals surface area contributed by atoms with E-state index in [1.807, 2.05) is 13.8 Å². The molecule has 2 rings (SSSR count). The van der Waals surface area contributed by atoms with E-state index < -0.39 is 16.0 Å². The fraction of sp³-hybridized carbons (Fsp3) is 0.333. The normalized spacial score (nSPS) is 11.2. The molecule has 2 aromatic rings. The predicted octanol–water partition coefficient (Wildman–Crippen LogP) is 3.13. The SMILES string of the molecule is CCCCN(C)c1ncc(NS(=O)(=O)c2ccc(C)cc2)cc1C(=O)O. The van der Waals surface area contributed by atoms with E-state index in [0.717, 1.165) is 18.4 Å². The number of hydrogen-bond donors (Lipinski definition) is 2. The van der Waals surface area contributed by atoms with Crippen LogP contribution in [0.25, 0.3) is 0 Å². The Morgan fingerprint density at radius 2 is 1.92 bits per heavy atom. The molecule has 0 bridgehead atoms. The molecule has 0 fully saturated rings. The van der Waals surface area contributed by atoms with Gasteiger partial charge in [0.1, 0.15) is 11.4 Å². The topological polar surface area (TPSA) is 99.6 Å². The van der Waals surface area contributed by atoms with Crippen LogP contribution >= 0.6 is 0 Å². The summed E-state index contributed by atoms with van der Waals surface area (Å²) in [4.78, 5) is 17.6. The maximum atomic E-state index is 12.5. The van der Waals surface area contributed by atoms with Crippen LogP contribution in [0.5, 0.6) is 0 Å². The molecular formula is C18H23N3O4S. The minimum atomic E-state index is -3.82. The predicted molar refractivity (Wildman–Crippen MR) is 101 cm³/mol. The van der Waals surface area contributed by atoms with E-state index in [9.17, 15) is 18.3 Å². The molecule has 0 unspecified atom stereocenters. The van der Waals surface area contributed by atoms with Crippen LogP contribution in [0.1, 0.15) is 35.7 Å². The number of rotatable bonds is 8. The zero-order valence-corrected chi connectivity index (χ0v) is 15.9. The number of aryl methyl sites for hydroxylation is 1. The number of unbranched alkanes of at least 4 members (excludes halogenated alkanes) is 1. The fourth-order valence-corrected chi connectivity index (χ4v) is 3.44. The van der Waals surface area contributed by atoms with E-state index in [0.29, 0.717) is 12.4 Å². The van der Waals surface area contributed by atoms with Gasteiger partial charge in [0.15, 0.2) is 0 Å². The molecule has 0 amide bonds. The molecular weight excluding hydrogens is 354 g/mol. The van der Waals surface area contributed by atoms with E-state index in [1.165, 1.54) is 24.4 Å². The zero-order chi connectivity index (χ0) is 19.3. The maximum absolute atomic E-state index is 12.5. The summed E-state index contributed by atoms with van der Waals surface area (Å²) in [5.74, 6) is -0.850. The molecule has 0 saturated heterocycles. The van der Waals surface area contributed by atoms with E-state index in [1.54, 1.807) is 24.1 Å². The van der Waals surface area contributed by atoms with Crippen molar-refractivity contribution in [1.29, 1.82) is 0 Å². The Bertz CT molecular complexity index is 880. The maximum Gasteiger partial charge on any atom is 0.339 e. The van der Waals surface area contributed by atoms with Gasteiger partial charge in [-0.2, -0.15) is 0 Å². The summed E-state index contributed by atoms with van der Waals surface area (Å²) in [6.07, 6.45) is 3.20. The van der Waals surface area contributed by atoms with Crippen molar-refractivity contribution >= 4 is 27.5 Å². The van der Waals surface area contributed by atoms with E-state index in [2.05, 4.69) is 9.71 Å². The lowest BCUT2D eigenvalue weighted by atomic mass is 10.2. The van der Waals surface area contributed by atoms with Gasteiger partial charge < -0.3 is 10.0 Å². The van der Waals surface area contributed by atoms with Crippen molar-refractivity contribution in [3.8, 4) is 0 Å². The van der Waals surface area contributed by atoms with Crippen LogP contribution in [-0.4, -0.2) is 38.1 Å². The molecule has 0 atom stereocenters. The number of benzene rings is 1. The van der Waals surface area contributed by atoms with E-state index in [-0.39, 0.29) is 16.1 Å². The largest absolute Gasteiger partial charge is 0.478 e. The van der Waals surface area contributed by atoms with E-state index >= 15 is 0 Å². The van der Waals surface area contributed by atoms with Gasteiger partial charge in [-0.1, -0.05) is 31.0 Å². The number of nitrogens with one attached hydrogen (secondary N) is 1. The molecule has 0 radical (unpaired) electrons. The Kier molecular flexibility index (Phi) is 6.20. The van der Waals surface area contributed by atoms with Gasteiger partial charge in [0.2, 0.25) is 0 Å². The van der Waals surface area contributed by atoms with Crippen molar-refractivity contribution in [2.75, 3.05) is 23.2 Å². The lowest BCUT2D eigenvalue weighted by Crippen LogP contribution is -2.23. The first kappa shape index (κ1) is 19.7. The van der Waals surface area contributed by atoms with Crippen LogP contribution in [-0.2, 0) is 10.0 Å². The highest BCUT2D eigenvalue weighted by atomic mass is 32.2. The molecule has 2 N–H and O–H groups in total. The second-order valence-electron chi connectivity index (χ2n) is 6.09. The third-order valence-corrected chi connectivity index (χ3v) is 5.29. The molecule has 1 aromatic carbocycles. The summed E-state index contributed by atoms with van der Waals surface area (Å²) in [5, 5.41) is 9.47. The molecule has 0 aliphatic carbocycles. The monoisotopic (exact) mass is 377 g/mol. The molecule has 26 heavy (non-hydrogen) atoms. The molecule has 1 aromatic heterocycles. The van der Waals surface area contributed by atoms with Crippen LogP contribution in [0.2, 0.25) is 0 Å². The van der Waals surface area contributed by atoms with Crippen molar-refractivity contribution in [2.24, 2.45) is 0 Å². The Morgan fingerprint density at radius 3 is 2.50 bits per heavy atom. The number of hydrogen-bond acceptors (Lipinski definition) is 5. The molecule has 0 saturated carbocycles. The average Bonchev–Trinajstić information content (AvgIpc) is 2.59. The lowest BCUT2D eigenvalue weighted by Gasteiger charge is -2.20. The average molecular weight is 377 g/mol. The highest BCUT2D eigenvalue weighted by molar-refractivity contribution is 7.92.